The maximum atomic E-state index is 12.6. The van der Waals surface area contributed by atoms with Crippen LogP contribution in [0.3, 0.4) is 0 Å². The SMILES string of the molecule is Nc1nc(C2(NC(=O)C=NO)S[C@H]3CC(=O)N3C(C(=O)O)=C2CSc2ncnc3nc[nH]c23)cs1. The molecule has 3 aromatic heterocycles. The van der Waals surface area contributed by atoms with Gasteiger partial charge in [-0.2, -0.15) is 0 Å². The molecule has 35 heavy (non-hydrogen) atoms. The lowest BCUT2D eigenvalue weighted by Crippen LogP contribution is -2.61. The number of carbonyl (C=O) groups is 3. The quantitative estimate of drug-likeness (QED) is 0.0703. The Hall–Kier alpha value is -3.70. The highest BCUT2D eigenvalue weighted by molar-refractivity contribution is 8.01. The van der Waals surface area contributed by atoms with Crippen LogP contribution in [0.2, 0.25) is 0 Å². The highest BCUT2D eigenvalue weighted by Crippen LogP contribution is 2.55. The number of anilines is 1. The van der Waals surface area contributed by atoms with Crippen molar-refractivity contribution in [2.24, 2.45) is 5.16 Å². The molecule has 180 valence electrons. The molecule has 17 heteroatoms. The summed E-state index contributed by atoms with van der Waals surface area (Å²) >= 11 is 3.44. The van der Waals surface area contributed by atoms with E-state index in [0.29, 0.717) is 22.4 Å². The third-order valence-corrected chi connectivity index (χ3v) is 8.52. The number of fused-ring (bicyclic) bond motifs is 2. The number of nitrogens with one attached hydrogen (secondary N) is 2. The summed E-state index contributed by atoms with van der Waals surface area (Å²) in [5, 5.41) is 26.3. The minimum absolute atomic E-state index is 0.00968. The monoisotopic (exact) mass is 533 g/mol. The average Bonchev–Trinajstić information content (AvgIpc) is 3.47. The number of thiazole rings is 1. The van der Waals surface area contributed by atoms with Crippen molar-refractivity contribution in [3.05, 3.63) is 35.0 Å². The fourth-order valence-corrected chi connectivity index (χ4v) is 7.31. The topological polar surface area (TPSA) is 213 Å². The number of aliphatic carboxylic acids is 1. The first kappa shape index (κ1) is 23.1. The summed E-state index contributed by atoms with van der Waals surface area (Å²) in [7, 11) is 0. The van der Waals surface area contributed by atoms with Crippen LogP contribution in [0.4, 0.5) is 5.13 Å². The number of carbonyl (C=O) groups excluding carboxylic acids is 2. The van der Waals surface area contributed by atoms with Gasteiger partial charge >= 0.3 is 5.97 Å². The van der Waals surface area contributed by atoms with Gasteiger partial charge in [-0.3, -0.25) is 14.5 Å². The Labute approximate surface area is 208 Å². The van der Waals surface area contributed by atoms with Gasteiger partial charge in [-0.25, -0.2) is 24.7 Å². The predicted molar refractivity (Wildman–Crippen MR) is 127 cm³/mol. The molecule has 0 saturated carbocycles. The molecule has 2 amide bonds. The lowest BCUT2D eigenvalue weighted by molar-refractivity contribution is -0.146. The fraction of sp³-hybridized carbons (Fsp3) is 0.222. The van der Waals surface area contributed by atoms with Gasteiger partial charge in [0.15, 0.2) is 15.6 Å². The number of imidazole rings is 1. The van der Waals surface area contributed by atoms with E-state index in [1.165, 1.54) is 29.3 Å². The third-order valence-electron chi connectivity index (χ3n) is 5.27. The molecule has 2 atom stereocenters. The molecule has 3 aromatic rings. The van der Waals surface area contributed by atoms with E-state index in [9.17, 15) is 19.5 Å². The summed E-state index contributed by atoms with van der Waals surface area (Å²) in [6.45, 7) is 0. The van der Waals surface area contributed by atoms with Gasteiger partial charge in [0.2, 0.25) is 5.91 Å². The first-order valence-electron chi connectivity index (χ1n) is 9.78. The Morgan fingerprint density at radius 3 is 2.94 bits per heavy atom. The lowest BCUT2D eigenvalue weighted by atomic mass is 9.98. The van der Waals surface area contributed by atoms with Gasteiger partial charge in [-0.05, 0) is 0 Å². The van der Waals surface area contributed by atoms with E-state index in [2.05, 4.69) is 35.4 Å². The van der Waals surface area contributed by atoms with Crippen molar-refractivity contribution in [1.82, 2.24) is 35.1 Å². The maximum Gasteiger partial charge on any atom is 0.352 e. The van der Waals surface area contributed by atoms with E-state index in [0.717, 1.165) is 23.1 Å². The summed E-state index contributed by atoms with van der Waals surface area (Å²) in [5.41, 5.74) is 7.06. The molecule has 6 N–H and O–H groups in total. The number of rotatable bonds is 7. The molecular weight excluding hydrogens is 518 g/mol. The molecule has 14 nitrogen and oxygen atoms in total. The maximum absolute atomic E-state index is 12.6. The van der Waals surface area contributed by atoms with Crippen LogP contribution in [0.1, 0.15) is 12.1 Å². The molecule has 1 unspecified atom stereocenters. The van der Waals surface area contributed by atoms with E-state index in [-0.39, 0.29) is 40.2 Å². The molecular formula is C18H15N9O5S3. The summed E-state index contributed by atoms with van der Waals surface area (Å²) in [6, 6.07) is 0. The van der Waals surface area contributed by atoms with Crippen molar-refractivity contribution in [3.8, 4) is 0 Å². The largest absolute Gasteiger partial charge is 0.477 e. The number of aromatic nitrogens is 5. The predicted octanol–water partition coefficient (Wildman–Crippen LogP) is 0.557. The van der Waals surface area contributed by atoms with Gasteiger partial charge in [0.05, 0.1) is 23.8 Å². The van der Waals surface area contributed by atoms with Gasteiger partial charge in [0, 0.05) is 16.7 Å². The smallest absolute Gasteiger partial charge is 0.352 e. The third kappa shape index (κ3) is 3.86. The van der Waals surface area contributed by atoms with Gasteiger partial charge in [0.25, 0.3) is 5.91 Å². The van der Waals surface area contributed by atoms with E-state index < -0.39 is 22.1 Å². The minimum atomic E-state index is -1.52. The Kier molecular flexibility index (Phi) is 5.81. The van der Waals surface area contributed by atoms with Crippen LogP contribution in [0.25, 0.3) is 11.2 Å². The van der Waals surface area contributed by atoms with Crippen LogP contribution >= 0.6 is 34.9 Å². The average molecular weight is 534 g/mol. The number of nitrogens with two attached hydrogens (primary N) is 1. The minimum Gasteiger partial charge on any atom is -0.477 e. The number of hydrogen-bond donors (Lipinski definition) is 5. The van der Waals surface area contributed by atoms with Crippen molar-refractivity contribution in [3.63, 3.8) is 0 Å². The normalized spacial score (nSPS) is 21.9. The zero-order valence-electron chi connectivity index (χ0n) is 17.4. The highest BCUT2D eigenvalue weighted by Gasteiger charge is 2.56. The number of aromatic amines is 1. The van der Waals surface area contributed by atoms with Gasteiger partial charge in [-0.15, -0.1) is 11.3 Å². The number of carboxylic acids is 1. The second kappa shape index (κ2) is 8.82. The van der Waals surface area contributed by atoms with E-state index in [1.54, 1.807) is 5.38 Å². The Morgan fingerprint density at radius 2 is 2.26 bits per heavy atom. The van der Waals surface area contributed by atoms with Crippen LogP contribution < -0.4 is 11.1 Å². The summed E-state index contributed by atoms with van der Waals surface area (Å²) in [4.78, 5) is 56.9. The number of β-lactam (4-membered cyclic amide) rings is 1. The summed E-state index contributed by atoms with van der Waals surface area (Å²) in [5.74, 6) is -2.50. The number of hydrogen-bond acceptors (Lipinski definition) is 13. The number of nitrogen functional groups attached to an aromatic ring is 1. The van der Waals surface area contributed by atoms with Crippen LogP contribution in [-0.2, 0) is 19.3 Å². The Balaban J connectivity index is 1.67. The number of thioether (sulfide) groups is 2. The van der Waals surface area contributed by atoms with Crippen LogP contribution in [0.15, 0.2) is 39.5 Å². The molecule has 0 aromatic carbocycles. The zero-order valence-corrected chi connectivity index (χ0v) is 19.9. The molecule has 0 bridgehead atoms. The zero-order chi connectivity index (χ0) is 24.7. The molecule has 0 aliphatic carbocycles. The molecule has 2 aliphatic heterocycles. The fourth-order valence-electron chi connectivity index (χ4n) is 3.82. The second-order valence-electron chi connectivity index (χ2n) is 7.23. The van der Waals surface area contributed by atoms with Crippen molar-refractivity contribution in [2.75, 3.05) is 11.5 Å². The molecule has 5 rings (SSSR count). The molecule has 2 aliphatic rings. The van der Waals surface area contributed by atoms with Crippen molar-refractivity contribution in [2.45, 2.75) is 21.7 Å². The Bertz CT molecular complexity index is 1420. The molecule has 1 fully saturated rings. The van der Waals surface area contributed by atoms with Crippen molar-refractivity contribution < 1.29 is 24.7 Å². The van der Waals surface area contributed by atoms with Crippen LogP contribution in [-0.4, -0.2) is 75.3 Å². The number of amides is 2. The number of carboxylic acid groups (broad SMARTS) is 1. The summed E-state index contributed by atoms with van der Waals surface area (Å²) < 4.78 is 0. The van der Waals surface area contributed by atoms with Gasteiger partial charge in [-0.1, -0.05) is 28.7 Å². The van der Waals surface area contributed by atoms with Crippen LogP contribution in [0.5, 0.6) is 0 Å². The summed E-state index contributed by atoms with van der Waals surface area (Å²) in [6.07, 6.45) is 3.52. The molecule has 0 radical (unpaired) electrons. The first-order chi connectivity index (χ1) is 16.8. The molecule has 1 saturated heterocycles. The molecule has 5 heterocycles. The van der Waals surface area contributed by atoms with Gasteiger partial charge < -0.3 is 26.3 Å². The Morgan fingerprint density at radius 1 is 1.43 bits per heavy atom. The number of H-pyrrole nitrogens is 1. The van der Waals surface area contributed by atoms with E-state index >= 15 is 0 Å². The second-order valence-corrected chi connectivity index (χ2v) is 10.5. The van der Waals surface area contributed by atoms with Crippen molar-refractivity contribution in [1.29, 1.82) is 0 Å². The van der Waals surface area contributed by atoms with E-state index in [4.69, 9.17) is 10.9 Å². The van der Waals surface area contributed by atoms with Crippen molar-refractivity contribution >= 4 is 75.2 Å². The lowest BCUT2D eigenvalue weighted by Gasteiger charge is -2.51. The number of nitrogens with zero attached hydrogens (tertiary/aromatic N) is 6. The standard InChI is InChI=1S/C18H15N9O5S3/c19-17-25-8(4-34-17)18(26-9(28)2-24-32)7(13(16(30)31)27-10(29)1-11(27)35-18)3-33-15-12-14(21-5-20-12)22-6-23-15/h2,4-6,11,32H,1,3H2,(H2,19,25)(H,26,28)(H,30,31)(H,20,21,22,23)/t11-,18?/m0/s1. The number of oxime groups is 1. The van der Waals surface area contributed by atoms with E-state index in [1.807, 2.05) is 0 Å². The highest BCUT2D eigenvalue weighted by atomic mass is 32.2. The van der Waals surface area contributed by atoms with Crippen LogP contribution in [0, 0.1) is 0 Å². The first-order valence-corrected chi connectivity index (χ1v) is 12.5. The van der Waals surface area contributed by atoms with Gasteiger partial charge in [0.1, 0.15) is 28.8 Å². The molecule has 0 spiro atoms.